The summed E-state index contributed by atoms with van der Waals surface area (Å²) < 4.78 is 31.1. The lowest BCUT2D eigenvalue weighted by Gasteiger charge is -2.14. The Morgan fingerprint density at radius 1 is 1.09 bits per heavy atom. The highest BCUT2D eigenvalue weighted by Crippen LogP contribution is 2.31. The SMILES string of the molecule is C=CC(=O)Nc1cccc(Nc2nc(Nc3cnn(C)c3)ncc2-c2ccc(OC(F)F)cc2)c1. The fourth-order valence-corrected chi connectivity index (χ4v) is 3.18. The Labute approximate surface area is 199 Å². The summed E-state index contributed by atoms with van der Waals surface area (Å²) in [4.78, 5) is 20.6. The molecule has 0 saturated carbocycles. The number of benzene rings is 2. The van der Waals surface area contributed by atoms with Crippen LogP contribution in [-0.2, 0) is 11.8 Å². The molecule has 0 unspecified atom stereocenters. The summed E-state index contributed by atoms with van der Waals surface area (Å²) in [6.45, 7) is 0.542. The van der Waals surface area contributed by atoms with Gasteiger partial charge in [-0.3, -0.25) is 9.48 Å². The summed E-state index contributed by atoms with van der Waals surface area (Å²) in [5.74, 6) is 0.470. The van der Waals surface area contributed by atoms with Crippen LogP contribution < -0.4 is 20.7 Å². The van der Waals surface area contributed by atoms with Gasteiger partial charge in [-0.05, 0) is 42.0 Å². The minimum atomic E-state index is -2.91. The third kappa shape index (κ3) is 6.16. The number of carbonyl (C=O) groups is 1. The van der Waals surface area contributed by atoms with Gasteiger partial charge in [0.05, 0.1) is 11.9 Å². The molecule has 0 aliphatic heterocycles. The average molecular weight is 477 g/mol. The number of rotatable bonds is 9. The predicted molar refractivity (Wildman–Crippen MR) is 129 cm³/mol. The molecule has 0 aliphatic carbocycles. The van der Waals surface area contributed by atoms with E-state index >= 15 is 0 Å². The number of ether oxygens (including phenoxy) is 1. The summed E-state index contributed by atoms with van der Waals surface area (Å²) in [6, 6.07) is 13.2. The molecule has 2 aromatic carbocycles. The Morgan fingerprint density at radius 2 is 1.86 bits per heavy atom. The first kappa shape index (κ1) is 23.4. The Morgan fingerprint density at radius 3 is 2.54 bits per heavy atom. The van der Waals surface area contributed by atoms with E-state index in [0.29, 0.717) is 40.0 Å². The molecule has 0 atom stereocenters. The van der Waals surface area contributed by atoms with Gasteiger partial charge < -0.3 is 20.7 Å². The molecule has 1 amide bonds. The highest BCUT2D eigenvalue weighted by Gasteiger charge is 2.13. The summed E-state index contributed by atoms with van der Waals surface area (Å²) in [5, 5.41) is 13.1. The van der Waals surface area contributed by atoms with Crippen molar-refractivity contribution < 1.29 is 18.3 Å². The van der Waals surface area contributed by atoms with E-state index in [2.05, 4.69) is 42.3 Å². The van der Waals surface area contributed by atoms with Gasteiger partial charge in [-0.15, -0.1) is 0 Å². The van der Waals surface area contributed by atoms with E-state index in [0.717, 1.165) is 0 Å². The van der Waals surface area contributed by atoms with E-state index in [1.807, 2.05) is 6.07 Å². The minimum absolute atomic E-state index is 0.0414. The first-order valence-corrected chi connectivity index (χ1v) is 10.4. The van der Waals surface area contributed by atoms with Crippen LogP contribution in [0.5, 0.6) is 5.75 Å². The number of alkyl halides is 2. The lowest BCUT2D eigenvalue weighted by Crippen LogP contribution is -2.07. The number of nitrogens with zero attached hydrogens (tertiary/aromatic N) is 4. The summed E-state index contributed by atoms with van der Waals surface area (Å²) in [5.41, 5.74) is 3.22. The molecule has 4 rings (SSSR count). The standard InChI is InChI=1S/C24H21F2N7O2/c1-3-21(34)29-16-5-4-6-17(11-16)30-22-20(15-7-9-19(10-8-15)35-23(25)26)13-27-24(32-22)31-18-12-28-33(2)14-18/h3-14,23H,1H2,2H3,(H,29,34)(H2,27,30,31,32). The molecule has 35 heavy (non-hydrogen) atoms. The number of amides is 1. The maximum absolute atomic E-state index is 12.5. The molecule has 0 bridgehead atoms. The van der Waals surface area contributed by atoms with Gasteiger partial charge >= 0.3 is 6.61 Å². The van der Waals surface area contributed by atoms with Crippen molar-refractivity contribution in [3.8, 4) is 16.9 Å². The first-order valence-electron chi connectivity index (χ1n) is 10.4. The van der Waals surface area contributed by atoms with Crippen LogP contribution in [0, 0.1) is 0 Å². The molecule has 0 radical (unpaired) electrons. The van der Waals surface area contributed by atoms with Crippen LogP contribution in [0.15, 0.2) is 79.8 Å². The molecule has 2 aromatic heterocycles. The van der Waals surface area contributed by atoms with Crippen molar-refractivity contribution in [3.63, 3.8) is 0 Å². The van der Waals surface area contributed by atoms with Gasteiger partial charge in [-0.1, -0.05) is 24.8 Å². The van der Waals surface area contributed by atoms with Crippen molar-refractivity contribution in [1.29, 1.82) is 0 Å². The molecule has 0 spiro atoms. The van der Waals surface area contributed by atoms with Crippen LogP contribution in [0.2, 0.25) is 0 Å². The fraction of sp³-hybridized carbons (Fsp3) is 0.0833. The van der Waals surface area contributed by atoms with Gasteiger partial charge in [-0.25, -0.2) is 4.98 Å². The van der Waals surface area contributed by atoms with Crippen molar-refractivity contribution in [3.05, 3.63) is 79.8 Å². The zero-order valence-electron chi connectivity index (χ0n) is 18.6. The Bertz CT molecular complexity index is 1340. The second-order valence-electron chi connectivity index (χ2n) is 7.29. The number of hydrogen-bond acceptors (Lipinski definition) is 7. The number of carbonyl (C=O) groups excluding carboxylic acids is 1. The van der Waals surface area contributed by atoms with Crippen LogP contribution in [-0.4, -0.2) is 32.3 Å². The Balaban J connectivity index is 1.67. The van der Waals surface area contributed by atoms with Gasteiger partial charge in [0.15, 0.2) is 0 Å². The van der Waals surface area contributed by atoms with Crippen LogP contribution in [0.4, 0.5) is 37.6 Å². The van der Waals surface area contributed by atoms with E-state index < -0.39 is 6.61 Å². The van der Waals surface area contributed by atoms with E-state index in [1.54, 1.807) is 60.7 Å². The van der Waals surface area contributed by atoms with Crippen LogP contribution in [0.1, 0.15) is 0 Å². The number of aromatic nitrogens is 4. The molecular weight excluding hydrogens is 456 g/mol. The monoisotopic (exact) mass is 477 g/mol. The Kier molecular flexibility index (Phi) is 6.96. The fourth-order valence-electron chi connectivity index (χ4n) is 3.18. The first-order chi connectivity index (χ1) is 16.9. The van der Waals surface area contributed by atoms with Gasteiger partial charge in [0.2, 0.25) is 11.9 Å². The highest BCUT2D eigenvalue weighted by atomic mass is 19.3. The van der Waals surface area contributed by atoms with E-state index in [-0.39, 0.29) is 11.7 Å². The Hall–Kier alpha value is -4.80. The van der Waals surface area contributed by atoms with Crippen LogP contribution >= 0.6 is 0 Å². The number of aryl methyl sites for hydroxylation is 1. The molecule has 2 heterocycles. The van der Waals surface area contributed by atoms with Crippen LogP contribution in [0.25, 0.3) is 11.1 Å². The van der Waals surface area contributed by atoms with E-state index in [4.69, 9.17) is 0 Å². The van der Waals surface area contributed by atoms with Crippen LogP contribution in [0.3, 0.4) is 0 Å². The number of anilines is 5. The number of hydrogen-bond donors (Lipinski definition) is 3. The van der Waals surface area contributed by atoms with Crippen molar-refractivity contribution in [1.82, 2.24) is 19.7 Å². The van der Waals surface area contributed by atoms with Crippen molar-refractivity contribution in [2.45, 2.75) is 6.61 Å². The van der Waals surface area contributed by atoms with Gasteiger partial charge in [0.25, 0.3) is 0 Å². The largest absolute Gasteiger partial charge is 0.435 e. The molecule has 0 aliphatic rings. The minimum Gasteiger partial charge on any atom is -0.435 e. The number of halogens is 2. The summed E-state index contributed by atoms with van der Waals surface area (Å²) >= 11 is 0. The lowest BCUT2D eigenvalue weighted by atomic mass is 10.1. The average Bonchev–Trinajstić information content (AvgIpc) is 3.24. The molecule has 0 saturated heterocycles. The molecule has 178 valence electrons. The van der Waals surface area contributed by atoms with Crippen molar-refractivity contribution >= 4 is 34.7 Å². The maximum Gasteiger partial charge on any atom is 0.387 e. The smallest absolute Gasteiger partial charge is 0.387 e. The number of nitrogens with one attached hydrogen (secondary N) is 3. The molecule has 0 fully saturated rings. The molecule has 11 heteroatoms. The van der Waals surface area contributed by atoms with Gasteiger partial charge in [-0.2, -0.15) is 18.9 Å². The van der Waals surface area contributed by atoms with Gasteiger partial charge in [0.1, 0.15) is 11.6 Å². The molecule has 4 aromatic rings. The van der Waals surface area contributed by atoms with Gasteiger partial charge in [0, 0.05) is 36.4 Å². The third-order valence-electron chi connectivity index (χ3n) is 4.72. The molecule has 3 N–H and O–H groups in total. The quantitative estimate of drug-likeness (QED) is 0.288. The second-order valence-corrected chi connectivity index (χ2v) is 7.29. The zero-order chi connectivity index (χ0) is 24.8. The zero-order valence-corrected chi connectivity index (χ0v) is 18.6. The van der Waals surface area contributed by atoms with Crippen molar-refractivity contribution in [2.24, 2.45) is 7.05 Å². The van der Waals surface area contributed by atoms with Crippen molar-refractivity contribution in [2.75, 3.05) is 16.0 Å². The topological polar surface area (TPSA) is 106 Å². The maximum atomic E-state index is 12.5. The second kappa shape index (κ2) is 10.4. The third-order valence-corrected chi connectivity index (χ3v) is 4.72. The highest BCUT2D eigenvalue weighted by molar-refractivity contribution is 5.99. The van der Waals surface area contributed by atoms with E-state index in [1.165, 1.54) is 18.2 Å². The van der Waals surface area contributed by atoms with E-state index in [9.17, 15) is 13.6 Å². The normalized spacial score (nSPS) is 10.6. The summed E-state index contributed by atoms with van der Waals surface area (Å²) in [6.07, 6.45) is 6.20. The predicted octanol–water partition coefficient (Wildman–Crippen LogP) is 5.09. The molecule has 9 nitrogen and oxygen atoms in total. The lowest BCUT2D eigenvalue weighted by molar-refractivity contribution is -0.111. The molecular formula is C24H21F2N7O2. The summed E-state index contributed by atoms with van der Waals surface area (Å²) in [7, 11) is 1.79.